The van der Waals surface area contributed by atoms with Crippen LogP contribution in [0.2, 0.25) is 0 Å². The minimum absolute atomic E-state index is 0.360. The number of ketones is 1. The van der Waals surface area contributed by atoms with Crippen molar-refractivity contribution in [2.75, 3.05) is 13.1 Å². The number of hydrogen-bond donors (Lipinski definition) is 0. The number of fused-ring (bicyclic) bond motifs is 1. The van der Waals surface area contributed by atoms with Crippen molar-refractivity contribution in [2.24, 2.45) is 5.92 Å². The van der Waals surface area contributed by atoms with E-state index in [0.29, 0.717) is 11.7 Å². The van der Waals surface area contributed by atoms with Gasteiger partial charge < -0.3 is 4.90 Å². The Hall–Kier alpha value is -0.630. The zero-order chi connectivity index (χ0) is 13.0. The van der Waals surface area contributed by atoms with Gasteiger partial charge in [0, 0.05) is 12.5 Å². The minimum atomic E-state index is 0.360. The fourth-order valence-electron chi connectivity index (χ4n) is 3.61. The summed E-state index contributed by atoms with van der Waals surface area (Å²) in [6.45, 7) is 7.03. The van der Waals surface area contributed by atoms with Crippen LogP contribution < -0.4 is 0 Å². The van der Waals surface area contributed by atoms with E-state index in [4.69, 9.17) is 0 Å². The molecule has 0 aromatic carbocycles. The highest BCUT2D eigenvalue weighted by atomic mass is 16.1. The van der Waals surface area contributed by atoms with Crippen LogP contribution in [0.25, 0.3) is 0 Å². The molecular formula is C16H27NO. The highest BCUT2D eigenvalue weighted by Gasteiger charge is 2.31. The van der Waals surface area contributed by atoms with Gasteiger partial charge in [-0.15, -0.1) is 0 Å². The van der Waals surface area contributed by atoms with Gasteiger partial charge in [0.25, 0.3) is 0 Å². The summed E-state index contributed by atoms with van der Waals surface area (Å²) in [6.07, 6.45) is 10.1. The smallest absolute Gasteiger partial charge is 0.155 e. The van der Waals surface area contributed by atoms with Crippen molar-refractivity contribution in [3.63, 3.8) is 0 Å². The predicted octanol–water partition coefficient (Wildman–Crippen LogP) is 3.57. The molecule has 0 aromatic rings. The molecule has 2 unspecified atom stereocenters. The summed E-state index contributed by atoms with van der Waals surface area (Å²) in [5.74, 6) is 1.07. The Balaban J connectivity index is 1.97. The molecule has 1 fully saturated rings. The molecule has 2 aliphatic rings. The van der Waals surface area contributed by atoms with E-state index in [0.717, 1.165) is 25.3 Å². The Kier molecular flexibility index (Phi) is 4.99. The molecule has 0 aliphatic heterocycles. The molecule has 18 heavy (non-hydrogen) atoms. The fraction of sp³-hybridized carbons (Fsp3) is 0.812. The summed E-state index contributed by atoms with van der Waals surface area (Å²) in [4.78, 5) is 14.1. The summed E-state index contributed by atoms with van der Waals surface area (Å²) in [5, 5.41) is 0. The van der Waals surface area contributed by atoms with Crippen LogP contribution in [0, 0.1) is 5.92 Å². The van der Waals surface area contributed by atoms with Crippen molar-refractivity contribution in [3.05, 3.63) is 11.6 Å². The number of allylic oxidation sites excluding steroid dienone is 2. The van der Waals surface area contributed by atoms with Crippen molar-refractivity contribution in [3.8, 4) is 0 Å². The fourth-order valence-corrected chi connectivity index (χ4v) is 3.61. The topological polar surface area (TPSA) is 20.3 Å². The number of nitrogens with zero attached hydrogens (tertiary/aromatic N) is 1. The molecule has 1 saturated carbocycles. The normalized spacial score (nSPS) is 28.2. The van der Waals surface area contributed by atoms with Gasteiger partial charge in [0.2, 0.25) is 0 Å². The molecule has 2 heteroatoms. The first-order chi connectivity index (χ1) is 8.74. The molecule has 2 rings (SSSR count). The van der Waals surface area contributed by atoms with E-state index in [1.165, 1.54) is 44.3 Å². The van der Waals surface area contributed by atoms with Crippen LogP contribution in [0.4, 0.5) is 0 Å². The van der Waals surface area contributed by atoms with E-state index < -0.39 is 0 Å². The van der Waals surface area contributed by atoms with Crippen LogP contribution in [0.15, 0.2) is 11.6 Å². The standard InChI is InChI=1S/C16H27NO/c1-3-9-17(10-4-2)15-7-5-14-12-16(18)8-6-13(14)11-15/h12-13,15H,3-11H2,1-2H3. The minimum Gasteiger partial charge on any atom is -0.300 e. The molecule has 0 saturated heterocycles. The number of hydrogen-bond acceptors (Lipinski definition) is 2. The van der Waals surface area contributed by atoms with Gasteiger partial charge in [-0.2, -0.15) is 0 Å². The third-order valence-electron chi connectivity index (χ3n) is 4.47. The van der Waals surface area contributed by atoms with Crippen molar-refractivity contribution in [1.82, 2.24) is 4.90 Å². The van der Waals surface area contributed by atoms with Crippen LogP contribution >= 0.6 is 0 Å². The van der Waals surface area contributed by atoms with Crippen molar-refractivity contribution < 1.29 is 4.79 Å². The zero-order valence-corrected chi connectivity index (χ0v) is 12.0. The summed E-state index contributed by atoms with van der Waals surface area (Å²) in [7, 11) is 0. The number of rotatable bonds is 5. The lowest BCUT2D eigenvalue weighted by Crippen LogP contribution is -2.41. The molecule has 2 aliphatic carbocycles. The van der Waals surface area contributed by atoms with Crippen LogP contribution in [-0.2, 0) is 4.79 Å². The van der Waals surface area contributed by atoms with Gasteiger partial charge >= 0.3 is 0 Å². The Bertz CT molecular complexity index is 315. The second-order valence-corrected chi connectivity index (χ2v) is 5.89. The van der Waals surface area contributed by atoms with Crippen molar-refractivity contribution in [1.29, 1.82) is 0 Å². The maximum Gasteiger partial charge on any atom is 0.155 e. The molecular weight excluding hydrogens is 222 g/mol. The molecule has 2 atom stereocenters. The highest BCUT2D eigenvalue weighted by Crippen LogP contribution is 2.37. The largest absolute Gasteiger partial charge is 0.300 e. The van der Waals surface area contributed by atoms with Crippen LogP contribution in [0.1, 0.15) is 58.8 Å². The van der Waals surface area contributed by atoms with Crippen LogP contribution in [-0.4, -0.2) is 29.8 Å². The maximum absolute atomic E-state index is 11.5. The molecule has 0 N–H and O–H groups in total. The summed E-state index contributed by atoms with van der Waals surface area (Å²) in [6, 6.07) is 0.764. The van der Waals surface area contributed by atoms with E-state index in [1.54, 1.807) is 0 Å². The third-order valence-corrected chi connectivity index (χ3v) is 4.47. The molecule has 0 radical (unpaired) electrons. The van der Waals surface area contributed by atoms with E-state index in [2.05, 4.69) is 18.7 Å². The Morgan fingerprint density at radius 3 is 2.56 bits per heavy atom. The van der Waals surface area contributed by atoms with Crippen molar-refractivity contribution in [2.45, 2.75) is 64.8 Å². The molecule has 0 aromatic heterocycles. The summed E-state index contributed by atoms with van der Waals surface area (Å²) < 4.78 is 0. The van der Waals surface area contributed by atoms with E-state index >= 15 is 0 Å². The lowest BCUT2D eigenvalue weighted by molar-refractivity contribution is -0.115. The molecule has 102 valence electrons. The lowest BCUT2D eigenvalue weighted by Gasteiger charge is -2.39. The summed E-state index contributed by atoms with van der Waals surface area (Å²) >= 11 is 0. The van der Waals surface area contributed by atoms with Gasteiger partial charge in [-0.05, 0) is 63.6 Å². The van der Waals surface area contributed by atoms with Crippen LogP contribution in [0.3, 0.4) is 0 Å². The zero-order valence-electron chi connectivity index (χ0n) is 12.0. The average molecular weight is 249 g/mol. The van der Waals surface area contributed by atoms with Gasteiger partial charge in [0.05, 0.1) is 0 Å². The molecule has 0 bridgehead atoms. The van der Waals surface area contributed by atoms with Gasteiger partial charge in [-0.3, -0.25) is 4.79 Å². The quantitative estimate of drug-likeness (QED) is 0.742. The first kappa shape index (κ1) is 13.8. The van der Waals surface area contributed by atoms with Crippen LogP contribution in [0.5, 0.6) is 0 Å². The Labute approximate surface area is 111 Å². The SMILES string of the molecule is CCCN(CCC)C1CCC2=CC(=O)CCC2C1. The monoisotopic (exact) mass is 249 g/mol. The molecule has 2 nitrogen and oxygen atoms in total. The third kappa shape index (κ3) is 3.23. The van der Waals surface area contributed by atoms with Gasteiger partial charge in [-0.25, -0.2) is 0 Å². The lowest BCUT2D eigenvalue weighted by atomic mass is 9.75. The van der Waals surface area contributed by atoms with Gasteiger partial charge in [0.15, 0.2) is 5.78 Å². The maximum atomic E-state index is 11.5. The van der Waals surface area contributed by atoms with E-state index in [9.17, 15) is 4.79 Å². The first-order valence-electron chi connectivity index (χ1n) is 7.72. The van der Waals surface area contributed by atoms with E-state index in [1.807, 2.05) is 6.08 Å². The summed E-state index contributed by atoms with van der Waals surface area (Å²) in [5.41, 5.74) is 1.45. The number of carbonyl (C=O) groups excluding carboxylic acids is 1. The number of carbonyl (C=O) groups is 1. The first-order valence-corrected chi connectivity index (χ1v) is 7.72. The van der Waals surface area contributed by atoms with Crippen molar-refractivity contribution >= 4 is 5.78 Å². The predicted molar refractivity (Wildman–Crippen MR) is 75.6 cm³/mol. The van der Waals surface area contributed by atoms with Gasteiger partial charge in [0.1, 0.15) is 0 Å². The molecule has 0 heterocycles. The Morgan fingerprint density at radius 1 is 1.17 bits per heavy atom. The molecule has 0 amide bonds. The second-order valence-electron chi connectivity index (χ2n) is 5.89. The van der Waals surface area contributed by atoms with Gasteiger partial charge in [-0.1, -0.05) is 19.4 Å². The second kappa shape index (κ2) is 6.51. The van der Waals surface area contributed by atoms with E-state index in [-0.39, 0.29) is 0 Å². The average Bonchev–Trinajstić information content (AvgIpc) is 2.38. The molecule has 0 spiro atoms. The highest BCUT2D eigenvalue weighted by molar-refractivity contribution is 5.91. The Morgan fingerprint density at radius 2 is 1.89 bits per heavy atom.